The molecule has 3 aromatic carbocycles. The number of nitrogens with zero attached hydrogens (tertiary/aromatic N) is 2. The topological polar surface area (TPSA) is 167 Å². The minimum absolute atomic E-state index is 0.140. The van der Waals surface area contributed by atoms with Gasteiger partial charge in [0.1, 0.15) is 16.4 Å². The van der Waals surface area contributed by atoms with Crippen molar-refractivity contribution in [3.63, 3.8) is 0 Å². The summed E-state index contributed by atoms with van der Waals surface area (Å²) in [5.41, 5.74) is 6.15. The van der Waals surface area contributed by atoms with Gasteiger partial charge in [0.25, 0.3) is 10.1 Å². The number of carbonyl (C=O) groups is 2. The molecular formula is C28H26N4O7S. The molecular weight excluding hydrogens is 536 g/mol. The van der Waals surface area contributed by atoms with E-state index in [1.165, 1.54) is 32.2 Å². The molecule has 12 heteroatoms. The average Bonchev–Trinajstić information content (AvgIpc) is 2.87. The second-order valence-corrected chi connectivity index (χ2v) is 10.4. The molecule has 0 spiro atoms. The number of nitrogens with one attached hydrogen (secondary N) is 2. The minimum Gasteiger partial charge on any atom is -0.508 e. The first-order valence-corrected chi connectivity index (χ1v) is 13.3. The second kappa shape index (κ2) is 11.1. The number of ketones is 1. The predicted octanol–water partition coefficient (Wildman–Crippen LogP) is 4.62. The van der Waals surface area contributed by atoms with Crippen molar-refractivity contribution in [3.05, 3.63) is 81.3 Å². The molecule has 0 aromatic heterocycles. The van der Waals surface area contributed by atoms with Gasteiger partial charge in [-0.05, 0) is 90.7 Å². The van der Waals surface area contributed by atoms with E-state index in [9.17, 15) is 27.7 Å². The number of benzene rings is 3. The molecule has 40 heavy (non-hydrogen) atoms. The van der Waals surface area contributed by atoms with Crippen molar-refractivity contribution >= 4 is 56.9 Å². The Kier molecular flexibility index (Phi) is 7.84. The van der Waals surface area contributed by atoms with Gasteiger partial charge in [0.2, 0.25) is 11.7 Å². The first kappa shape index (κ1) is 28.2. The number of aromatic hydroxyl groups is 1. The smallest absolute Gasteiger partial charge is 0.296 e. The van der Waals surface area contributed by atoms with Crippen LogP contribution < -0.4 is 15.5 Å². The Labute approximate surface area is 230 Å². The molecule has 4 N–H and O–H groups in total. The second-order valence-electron chi connectivity index (χ2n) is 9.01. The lowest BCUT2D eigenvalue weighted by atomic mass is 9.94. The van der Waals surface area contributed by atoms with E-state index >= 15 is 0 Å². The highest BCUT2D eigenvalue weighted by Crippen LogP contribution is 2.31. The summed E-state index contributed by atoms with van der Waals surface area (Å²) in [7, 11) is -3.41. The van der Waals surface area contributed by atoms with Gasteiger partial charge in [0, 0.05) is 24.4 Å². The van der Waals surface area contributed by atoms with Gasteiger partial charge in [-0.3, -0.25) is 24.6 Å². The lowest BCUT2D eigenvalue weighted by Crippen LogP contribution is -2.27. The van der Waals surface area contributed by atoms with Crippen molar-refractivity contribution in [3.8, 4) is 11.5 Å². The summed E-state index contributed by atoms with van der Waals surface area (Å²) in [6.07, 6.45) is 2.76. The molecule has 0 saturated carbocycles. The van der Waals surface area contributed by atoms with E-state index in [2.05, 4.69) is 20.8 Å². The van der Waals surface area contributed by atoms with Gasteiger partial charge in [-0.25, -0.2) is 0 Å². The van der Waals surface area contributed by atoms with E-state index in [1.54, 1.807) is 36.5 Å². The fourth-order valence-corrected chi connectivity index (χ4v) is 4.72. The predicted molar refractivity (Wildman–Crippen MR) is 153 cm³/mol. The van der Waals surface area contributed by atoms with Crippen LogP contribution in [0.3, 0.4) is 0 Å². The summed E-state index contributed by atoms with van der Waals surface area (Å²) in [6, 6.07) is 12.6. The number of aliphatic imine (C=N–C) groups is 1. The lowest BCUT2D eigenvalue weighted by molar-refractivity contribution is -0.114. The van der Waals surface area contributed by atoms with Crippen LogP contribution in [0.4, 0.5) is 17.1 Å². The number of methoxy groups -OCH3 is 1. The first-order chi connectivity index (χ1) is 18.9. The third kappa shape index (κ3) is 6.08. The van der Waals surface area contributed by atoms with E-state index < -0.39 is 26.5 Å². The monoisotopic (exact) mass is 562 g/mol. The number of phenolic OH excluding ortho intramolecular Hbond substituents is 1. The van der Waals surface area contributed by atoms with Gasteiger partial charge >= 0.3 is 0 Å². The number of hydrogen-bond donors (Lipinski definition) is 4. The molecule has 0 bridgehead atoms. The van der Waals surface area contributed by atoms with Crippen LogP contribution in [0, 0.1) is 13.8 Å². The number of anilines is 2. The Hall–Kier alpha value is -4.81. The van der Waals surface area contributed by atoms with Crippen LogP contribution in [-0.4, -0.2) is 48.8 Å². The number of allylic oxidation sites excluding steroid dienone is 1. The summed E-state index contributed by atoms with van der Waals surface area (Å²) in [4.78, 5) is 28.4. The molecule has 0 atom stereocenters. The van der Waals surface area contributed by atoms with Crippen LogP contribution >= 0.6 is 0 Å². The van der Waals surface area contributed by atoms with Crippen molar-refractivity contribution in [1.29, 1.82) is 0 Å². The molecule has 0 unspecified atom stereocenters. The Morgan fingerprint density at radius 1 is 1.05 bits per heavy atom. The van der Waals surface area contributed by atoms with E-state index in [-0.39, 0.29) is 22.8 Å². The standard InChI is InChI=1S/C28H26N4O7S/c1-15-10-24(25(39-4)12-19(15)14-29-23-8-6-21(34)9-16(23)2)31-32-27-26(40(36,37)38)13-18-11-20(30-17(3)33)5-7-22(18)28(27)35/h5-14,31,34H,1-4H3,(H,30,33)(H,36,37,38)/b29-14+,32-27-. The van der Waals surface area contributed by atoms with Crippen molar-refractivity contribution < 1.29 is 32.4 Å². The molecule has 206 valence electrons. The number of carbonyl (C=O) groups excluding carboxylic acids is 2. The van der Waals surface area contributed by atoms with Crippen molar-refractivity contribution in [2.75, 3.05) is 17.9 Å². The maximum atomic E-state index is 13.2. The molecule has 1 aliphatic carbocycles. The number of aryl methyl sites for hydroxylation is 2. The molecule has 4 rings (SSSR count). The van der Waals surface area contributed by atoms with Gasteiger partial charge in [-0.2, -0.15) is 13.5 Å². The molecule has 11 nitrogen and oxygen atoms in total. The zero-order valence-electron chi connectivity index (χ0n) is 22.0. The van der Waals surface area contributed by atoms with Crippen LogP contribution in [0.5, 0.6) is 11.5 Å². The molecule has 0 fully saturated rings. The third-order valence-electron chi connectivity index (χ3n) is 6.03. The normalized spacial score (nSPS) is 14.2. The highest BCUT2D eigenvalue weighted by Gasteiger charge is 2.33. The van der Waals surface area contributed by atoms with Crippen LogP contribution in [0.2, 0.25) is 0 Å². The molecule has 0 heterocycles. The van der Waals surface area contributed by atoms with Crippen LogP contribution in [-0.2, 0) is 14.9 Å². The maximum absolute atomic E-state index is 13.2. The number of rotatable bonds is 7. The zero-order valence-corrected chi connectivity index (χ0v) is 22.8. The van der Waals surface area contributed by atoms with Gasteiger partial charge in [-0.1, -0.05) is 0 Å². The quantitative estimate of drug-likeness (QED) is 0.184. The summed E-state index contributed by atoms with van der Waals surface area (Å²) in [5.74, 6) is -0.604. The summed E-state index contributed by atoms with van der Waals surface area (Å²) in [6.45, 7) is 4.96. The maximum Gasteiger partial charge on any atom is 0.296 e. The fraction of sp³-hybridized carbons (Fsp3) is 0.143. The summed E-state index contributed by atoms with van der Waals surface area (Å²) in [5, 5.41) is 16.2. The van der Waals surface area contributed by atoms with E-state index in [4.69, 9.17) is 4.74 Å². The first-order valence-electron chi connectivity index (χ1n) is 11.9. The molecule has 3 aromatic rings. The van der Waals surface area contributed by atoms with Crippen molar-refractivity contribution in [1.82, 2.24) is 0 Å². The number of phenols is 1. The molecule has 0 saturated heterocycles. The highest BCUT2D eigenvalue weighted by atomic mass is 32.2. The third-order valence-corrected chi connectivity index (χ3v) is 6.90. The molecule has 1 amide bonds. The summed E-state index contributed by atoms with van der Waals surface area (Å²) < 4.78 is 39.7. The van der Waals surface area contributed by atoms with Gasteiger partial charge in [0.05, 0.1) is 18.5 Å². The Bertz CT molecular complexity index is 1740. The minimum atomic E-state index is -4.84. The Morgan fingerprint density at radius 2 is 1.80 bits per heavy atom. The van der Waals surface area contributed by atoms with E-state index in [0.717, 1.165) is 22.8 Å². The van der Waals surface area contributed by atoms with Gasteiger partial charge in [0.15, 0.2) is 5.71 Å². The molecule has 0 aliphatic heterocycles. The number of Topliss-reactive ketones (excluding diaryl/α,β-unsaturated/α-hetero) is 1. The van der Waals surface area contributed by atoms with Crippen LogP contribution in [0.25, 0.3) is 6.08 Å². The van der Waals surface area contributed by atoms with Gasteiger partial charge in [-0.15, -0.1) is 0 Å². The van der Waals surface area contributed by atoms with Crippen LogP contribution in [0.15, 0.2) is 63.5 Å². The summed E-state index contributed by atoms with van der Waals surface area (Å²) >= 11 is 0. The highest BCUT2D eigenvalue weighted by molar-refractivity contribution is 7.91. The fourth-order valence-electron chi connectivity index (χ4n) is 4.06. The van der Waals surface area contributed by atoms with Crippen LogP contribution in [0.1, 0.15) is 39.5 Å². The number of amides is 1. The number of ether oxygens (including phenoxy) is 1. The van der Waals surface area contributed by atoms with Gasteiger partial charge < -0.3 is 15.2 Å². The Morgan fingerprint density at radius 3 is 2.45 bits per heavy atom. The van der Waals surface area contributed by atoms with Crippen molar-refractivity contribution in [2.45, 2.75) is 20.8 Å². The van der Waals surface area contributed by atoms with E-state index in [1.807, 2.05) is 13.8 Å². The largest absolute Gasteiger partial charge is 0.508 e. The number of hydrazone groups is 1. The average molecular weight is 563 g/mol. The lowest BCUT2D eigenvalue weighted by Gasteiger charge is -2.18. The molecule has 1 aliphatic rings. The zero-order chi connectivity index (χ0) is 29.2. The molecule has 0 radical (unpaired) electrons. The number of hydrogen-bond acceptors (Lipinski definition) is 9. The van der Waals surface area contributed by atoms with Crippen molar-refractivity contribution in [2.24, 2.45) is 10.1 Å². The number of fused-ring (bicyclic) bond motifs is 1. The SMILES string of the molecule is COc1cc(/C=N/c2ccc(O)cc2C)c(C)cc1N/N=C1\C(=O)c2ccc(NC(C)=O)cc2C=C1S(=O)(=O)O. The Balaban J connectivity index is 1.69. The van der Waals surface area contributed by atoms with E-state index in [0.29, 0.717) is 22.8 Å².